The Hall–Kier alpha value is -3.39. The Balaban J connectivity index is 1.72. The number of fused-ring (bicyclic) bond motifs is 3. The average molecular weight is 420 g/mol. The van der Waals surface area contributed by atoms with Crippen LogP contribution in [-0.2, 0) is 11.3 Å². The second-order valence-electron chi connectivity index (χ2n) is 6.96. The molecule has 0 saturated carbocycles. The first kappa shape index (κ1) is 19.9. The van der Waals surface area contributed by atoms with Crippen LogP contribution in [0.2, 0.25) is 0 Å². The summed E-state index contributed by atoms with van der Waals surface area (Å²) >= 11 is 1.29. The van der Waals surface area contributed by atoms with E-state index in [1.807, 2.05) is 60.7 Å². The Morgan fingerprint density at radius 2 is 2.03 bits per heavy atom. The Labute approximate surface area is 177 Å². The van der Waals surface area contributed by atoms with Crippen molar-refractivity contribution in [2.24, 2.45) is 0 Å². The van der Waals surface area contributed by atoms with Gasteiger partial charge in [0.25, 0.3) is 5.56 Å². The van der Waals surface area contributed by atoms with Crippen LogP contribution in [0.5, 0.6) is 0 Å². The number of thioether (sulfide) groups is 1. The largest absolute Gasteiger partial charge is 0.325 e. The van der Waals surface area contributed by atoms with E-state index in [9.17, 15) is 9.59 Å². The van der Waals surface area contributed by atoms with Crippen molar-refractivity contribution in [3.63, 3.8) is 0 Å². The molecule has 0 aliphatic rings. The summed E-state index contributed by atoms with van der Waals surface area (Å²) in [6.45, 7) is 7.85. The highest BCUT2D eigenvalue weighted by atomic mass is 32.2. The normalized spacial score (nSPS) is 12.2. The highest BCUT2D eigenvalue weighted by Gasteiger charge is 2.21. The Kier molecular flexibility index (Phi) is 5.41. The van der Waals surface area contributed by atoms with Crippen molar-refractivity contribution in [1.29, 1.82) is 0 Å². The highest BCUT2D eigenvalue weighted by molar-refractivity contribution is 8.00. The Morgan fingerprint density at radius 3 is 2.80 bits per heavy atom. The van der Waals surface area contributed by atoms with Crippen molar-refractivity contribution >= 4 is 40.0 Å². The number of benzene rings is 2. The van der Waals surface area contributed by atoms with Gasteiger partial charge in [-0.3, -0.25) is 18.6 Å². The van der Waals surface area contributed by atoms with Crippen LogP contribution < -0.4 is 10.9 Å². The van der Waals surface area contributed by atoms with Gasteiger partial charge in [-0.25, -0.2) is 0 Å². The van der Waals surface area contributed by atoms with E-state index in [0.717, 1.165) is 11.3 Å². The molecule has 2 aromatic heterocycles. The molecule has 152 valence electrons. The predicted octanol–water partition coefficient (Wildman–Crippen LogP) is 3.66. The molecule has 7 nitrogen and oxygen atoms in total. The van der Waals surface area contributed by atoms with Crippen molar-refractivity contribution < 1.29 is 4.79 Å². The minimum absolute atomic E-state index is 0.133. The second-order valence-corrected chi connectivity index (χ2v) is 8.27. The third-order valence-electron chi connectivity index (χ3n) is 4.73. The molecule has 1 amide bonds. The van der Waals surface area contributed by atoms with Crippen LogP contribution in [0.1, 0.15) is 12.5 Å². The van der Waals surface area contributed by atoms with Gasteiger partial charge in [0.15, 0.2) is 5.16 Å². The monoisotopic (exact) mass is 419 g/mol. The number of nitrogens with one attached hydrogen (secondary N) is 1. The summed E-state index contributed by atoms with van der Waals surface area (Å²) in [6.07, 6.45) is 1.65. The lowest BCUT2D eigenvalue weighted by Crippen LogP contribution is -2.24. The van der Waals surface area contributed by atoms with Gasteiger partial charge in [-0.1, -0.05) is 42.1 Å². The van der Waals surface area contributed by atoms with Gasteiger partial charge < -0.3 is 5.32 Å². The van der Waals surface area contributed by atoms with Crippen LogP contribution in [0.3, 0.4) is 0 Å². The topological polar surface area (TPSA) is 81.3 Å². The molecule has 0 radical (unpaired) electrons. The zero-order valence-electron chi connectivity index (χ0n) is 16.7. The average Bonchev–Trinajstić information content (AvgIpc) is 3.14. The van der Waals surface area contributed by atoms with Crippen molar-refractivity contribution in [3.8, 4) is 0 Å². The number of aryl methyl sites for hydroxylation is 1. The highest BCUT2D eigenvalue weighted by Crippen LogP contribution is 2.26. The molecule has 0 aliphatic carbocycles. The third kappa shape index (κ3) is 3.61. The maximum Gasteiger partial charge on any atom is 0.263 e. The van der Waals surface area contributed by atoms with Gasteiger partial charge in [0, 0.05) is 12.2 Å². The van der Waals surface area contributed by atoms with E-state index in [1.54, 1.807) is 12.1 Å². The first-order chi connectivity index (χ1) is 14.5. The summed E-state index contributed by atoms with van der Waals surface area (Å²) in [6, 6.07) is 15.0. The number of aromatic nitrogens is 4. The molecule has 2 aromatic carbocycles. The van der Waals surface area contributed by atoms with Crippen molar-refractivity contribution in [1.82, 2.24) is 19.2 Å². The molecule has 2 heterocycles. The molecule has 0 saturated heterocycles. The van der Waals surface area contributed by atoms with Crippen LogP contribution in [0.4, 0.5) is 5.69 Å². The molecular formula is C22H21N5O2S. The van der Waals surface area contributed by atoms with E-state index in [0.29, 0.717) is 28.4 Å². The summed E-state index contributed by atoms with van der Waals surface area (Å²) < 4.78 is 3.35. The summed E-state index contributed by atoms with van der Waals surface area (Å²) in [5.74, 6) is 0.290. The summed E-state index contributed by atoms with van der Waals surface area (Å²) in [5.41, 5.74) is 2.39. The van der Waals surface area contributed by atoms with E-state index < -0.39 is 5.25 Å². The molecule has 1 atom stereocenters. The number of carbonyl (C=O) groups is 1. The number of hydrogen-bond donors (Lipinski definition) is 1. The predicted molar refractivity (Wildman–Crippen MR) is 120 cm³/mol. The van der Waals surface area contributed by atoms with E-state index in [2.05, 4.69) is 22.1 Å². The van der Waals surface area contributed by atoms with Gasteiger partial charge >= 0.3 is 0 Å². The molecular weight excluding hydrogens is 398 g/mol. The fourth-order valence-electron chi connectivity index (χ4n) is 3.28. The molecule has 0 spiro atoms. The zero-order valence-corrected chi connectivity index (χ0v) is 17.5. The summed E-state index contributed by atoms with van der Waals surface area (Å²) in [7, 11) is 0. The standard InChI is InChI=1S/C22H21N5O2S/c1-4-12-26-20(29)17-10-5-6-11-18(17)27-21(26)24-25-22(27)30-15(3)19(28)23-16-9-7-8-14(2)13-16/h4-11,13,15H,1,12H2,2-3H3,(H,23,28)/t15-/m0/s1. The van der Waals surface area contributed by atoms with Gasteiger partial charge in [0.1, 0.15) is 0 Å². The SMILES string of the molecule is C=CCn1c(=O)c2ccccc2n2c(S[C@@H](C)C(=O)Nc3cccc(C)c3)nnc12. The molecule has 0 unspecified atom stereocenters. The number of allylic oxidation sites excluding steroid dienone is 1. The fraction of sp³-hybridized carbons (Fsp3) is 0.182. The maximum absolute atomic E-state index is 12.9. The Morgan fingerprint density at radius 1 is 1.23 bits per heavy atom. The van der Waals surface area contributed by atoms with Gasteiger partial charge in [0.2, 0.25) is 11.7 Å². The molecule has 0 aliphatic heterocycles. The van der Waals surface area contributed by atoms with E-state index in [1.165, 1.54) is 16.3 Å². The molecule has 30 heavy (non-hydrogen) atoms. The first-order valence-electron chi connectivity index (χ1n) is 9.51. The lowest BCUT2D eigenvalue weighted by atomic mass is 10.2. The van der Waals surface area contributed by atoms with Crippen molar-refractivity contribution in [3.05, 3.63) is 77.1 Å². The minimum Gasteiger partial charge on any atom is -0.325 e. The van der Waals surface area contributed by atoms with Crippen LogP contribution in [0.15, 0.2) is 71.1 Å². The maximum atomic E-state index is 12.9. The van der Waals surface area contributed by atoms with Crippen LogP contribution >= 0.6 is 11.8 Å². The van der Waals surface area contributed by atoms with Gasteiger partial charge in [-0.2, -0.15) is 0 Å². The second kappa shape index (κ2) is 8.16. The third-order valence-corrected chi connectivity index (χ3v) is 5.77. The van der Waals surface area contributed by atoms with Crippen LogP contribution in [0, 0.1) is 6.92 Å². The molecule has 4 rings (SSSR count). The first-order valence-corrected chi connectivity index (χ1v) is 10.4. The minimum atomic E-state index is -0.420. The number of hydrogen-bond acceptors (Lipinski definition) is 5. The van der Waals surface area contributed by atoms with E-state index in [-0.39, 0.29) is 11.5 Å². The zero-order chi connectivity index (χ0) is 21.3. The van der Waals surface area contributed by atoms with Crippen molar-refractivity contribution in [2.75, 3.05) is 5.32 Å². The molecule has 1 N–H and O–H groups in total. The number of nitrogens with zero attached hydrogens (tertiary/aromatic N) is 4. The quantitative estimate of drug-likeness (QED) is 0.381. The van der Waals surface area contributed by atoms with Crippen molar-refractivity contribution in [2.45, 2.75) is 30.8 Å². The molecule has 0 fully saturated rings. The summed E-state index contributed by atoms with van der Waals surface area (Å²) in [5, 5.41) is 12.1. The van der Waals surface area contributed by atoms with Crippen LogP contribution in [0.25, 0.3) is 16.7 Å². The lowest BCUT2D eigenvalue weighted by Gasteiger charge is -2.13. The smallest absolute Gasteiger partial charge is 0.263 e. The van der Waals surface area contributed by atoms with Crippen LogP contribution in [-0.4, -0.2) is 30.3 Å². The number of carbonyl (C=O) groups excluding carboxylic acids is 1. The fourth-order valence-corrected chi connectivity index (χ4v) is 4.14. The molecule has 4 aromatic rings. The van der Waals surface area contributed by atoms with Gasteiger partial charge in [0.05, 0.1) is 16.2 Å². The molecule has 8 heteroatoms. The number of rotatable bonds is 6. The van der Waals surface area contributed by atoms with Gasteiger partial charge in [-0.15, -0.1) is 16.8 Å². The number of para-hydroxylation sites is 1. The number of anilines is 1. The van der Waals surface area contributed by atoms with Gasteiger partial charge in [-0.05, 0) is 43.7 Å². The number of amides is 1. The van der Waals surface area contributed by atoms with E-state index >= 15 is 0 Å². The summed E-state index contributed by atoms with van der Waals surface area (Å²) in [4.78, 5) is 25.6. The van der Waals surface area contributed by atoms with E-state index in [4.69, 9.17) is 0 Å². The lowest BCUT2D eigenvalue weighted by molar-refractivity contribution is -0.115. The Bertz CT molecular complexity index is 1320. The molecule has 0 bridgehead atoms.